The van der Waals surface area contributed by atoms with E-state index in [0.29, 0.717) is 0 Å². The standard InChI is InChI=1S/C6H8N2S/c1-7-6-5(9)3-2-4-8-6/h2-4,9H,1H3,(H,7,8). The summed E-state index contributed by atoms with van der Waals surface area (Å²) in [5.41, 5.74) is 0. The highest BCUT2D eigenvalue weighted by atomic mass is 32.1. The van der Waals surface area contributed by atoms with Gasteiger partial charge in [0.2, 0.25) is 0 Å². The zero-order chi connectivity index (χ0) is 6.69. The summed E-state index contributed by atoms with van der Waals surface area (Å²) in [6.45, 7) is 0. The minimum atomic E-state index is 0.820. The fourth-order valence-electron chi connectivity index (χ4n) is 0.589. The van der Waals surface area contributed by atoms with Crippen LogP contribution in [0.4, 0.5) is 5.82 Å². The van der Waals surface area contributed by atoms with Gasteiger partial charge in [-0.15, -0.1) is 12.6 Å². The Morgan fingerprint density at radius 1 is 1.67 bits per heavy atom. The second-order valence-electron chi connectivity index (χ2n) is 1.62. The molecule has 1 aromatic heterocycles. The molecule has 1 N–H and O–H groups in total. The minimum Gasteiger partial charge on any atom is -0.372 e. The predicted molar refractivity (Wildman–Crippen MR) is 41.0 cm³/mol. The maximum absolute atomic E-state index is 4.15. The Labute approximate surface area is 59.7 Å². The van der Waals surface area contributed by atoms with Crippen molar-refractivity contribution in [3.63, 3.8) is 0 Å². The van der Waals surface area contributed by atoms with Crippen molar-refractivity contribution in [2.24, 2.45) is 0 Å². The predicted octanol–water partition coefficient (Wildman–Crippen LogP) is 1.41. The smallest absolute Gasteiger partial charge is 0.139 e. The molecule has 48 valence electrons. The molecule has 3 heteroatoms. The second-order valence-corrected chi connectivity index (χ2v) is 2.10. The van der Waals surface area contributed by atoms with E-state index in [1.807, 2.05) is 19.2 Å². The number of aromatic nitrogens is 1. The van der Waals surface area contributed by atoms with E-state index in [2.05, 4.69) is 22.9 Å². The molecule has 0 saturated carbocycles. The van der Waals surface area contributed by atoms with E-state index < -0.39 is 0 Å². The summed E-state index contributed by atoms with van der Waals surface area (Å²) in [4.78, 5) is 4.88. The summed E-state index contributed by atoms with van der Waals surface area (Å²) in [5, 5.41) is 2.91. The van der Waals surface area contributed by atoms with E-state index in [1.54, 1.807) is 6.20 Å². The normalized spacial score (nSPS) is 9.11. The van der Waals surface area contributed by atoms with Crippen LogP contribution in [0.1, 0.15) is 0 Å². The van der Waals surface area contributed by atoms with Gasteiger partial charge in [-0.25, -0.2) is 4.98 Å². The van der Waals surface area contributed by atoms with Crippen LogP contribution in [0.25, 0.3) is 0 Å². The van der Waals surface area contributed by atoms with E-state index in [1.165, 1.54) is 0 Å². The van der Waals surface area contributed by atoms with E-state index in [9.17, 15) is 0 Å². The molecular formula is C6H8N2S. The lowest BCUT2D eigenvalue weighted by molar-refractivity contribution is 1.21. The van der Waals surface area contributed by atoms with Crippen LogP contribution in [-0.4, -0.2) is 12.0 Å². The molecule has 1 rings (SSSR count). The van der Waals surface area contributed by atoms with E-state index in [0.717, 1.165) is 10.7 Å². The van der Waals surface area contributed by atoms with Gasteiger partial charge in [0, 0.05) is 18.1 Å². The lowest BCUT2D eigenvalue weighted by Crippen LogP contribution is -1.91. The summed E-state index contributed by atoms with van der Waals surface area (Å²) < 4.78 is 0. The van der Waals surface area contributed by atoms with Crippen molar-refractivity contribution in [1.29, 1.82) is 0 Å². The Balaban J connectivity index is 3.01. The first-order chi connectivity index (χ1) is 4.34. The molecule has 1 aromatic rings. The molecule has 0 aromatic carbocycles. The quantitative estimate of drug-likeness (QED) is 0.576. The van der Waals surface area contributed by atoms with Crippen molar-refractivity contribution in [2.45, 2.75) is 4.90 Å². The minimum absolute atomic E-state index is 0.820. The molecule has 0 amide bonds. The highest BCUT2D eigenvalue weighted by molar-refractivity contribution is 7.80. The number of hydrogen-bond acceptors (Lipinski definition) is 3. The molecule has 1 heterocycles. The SMILES string of the molecule is CNc1ncccc1S. The van der Waals surface area contributed by atoms with Crippen LogP contribution in [0.15, 0.2) is 23.2 Å². The average molecular weight is 140 g/mol. The lowest BCUT2D eigenvalue weighted by Gasteiger charge is -1.98. The number of pyridine rings is 1. The maximum Gasteiger partial charge on any atom is 0.139 e. The first kappa shape index (κ1) is 6.42. The molecule has 9 heavy (non-hydrogen) atoms. The van der Waals surface area contributed by atoms with Gasteiger partial charge in [0.05, 0.1) is 0 Å². The monoisotopic (exact) mass is 140 g/mol. The lowest BCUT2D eigenvalue weighted by atomic mass is 10.5. The van der Waals surface area contributed by atoms with Gasteiger partial charge in [0.1, 0.15) is 5.82 Å². The number of anilines is 1. The molecule has 0 aliphatic rings. The molecule has 0 saturated heterocycles. The van der Waals surface area contributed by atoms with Crippen molar-refractivity contribution in [2.75, 3.05) is 12.4 Å². The van der Waals surface area contributed by atoms with E-state index in [4.69, 9.17) is 0 Å². The Kier molecular flexibility index (Phi) is 1.95. The fourth-order valence-corrected chi connectivity index (χ4v) is 0.845. The number of thiol groups is 1. The Morgan fingerprint density at radius 3 is 2.89 bits per heavy atom. The van der Waals surface area contributed by atoms with Gasteiger partial charge in [0.25, 0.3) is 0 Å². The van der Waals surface area contributed by atoms with Crippen LogP contribution in [0.2, 0.25) is 0 Å². The summed E-state index contributed by atoms with van der Waals surface area (Å²) in [6, 6.07) is 3.74. The van der Waals surface area contributed by atoms with Gasteiger partial charge >= 0.3 is 0 Å². The molecule has 0 radical (unpaired) electrons. The van der Waals surface area contributed by atoms with Crippen LogP contribution in [-0.2, 0) is 0 Å². The topological polar surface area (TPSA) is 24.9 Å². The van der Waals surface area contributed by atoms with Gasteiger partial charge in [-0.3, -0.25) is 0 Å². The fraction of sp³-hybridized carbons (Fsp3) is 0.167. The van der Waals surface area contributed by atoms with Gasteiger partial charge < -0.3 is 5.32 Å². The Bertz CT molecular complexity index is 200. The highest BCUT2D eigenvalue weighted by Crippen LogP contribution is 2.13. The van der Waals surface area contributed by atoms with Crippen LogP contribution < -0.4 is 5.32 Å². The highest BCUT2D eigenvalue weighted by Gasteiger charge is 1.91. The number of nitrogens with zero attached hydrogens (tertiary/aromatic N) is 1. The van der Waals surface area contributed by atoms with E-state index in [-0.39, 0.29) is 0 Å². The third-order valence-electron chi connectivity index (χ3n) is 1.02. The van der Waals surface area contributed by atoms with Gasteiger partial charge in [-0.2, -0.15) is 0 Å². The van der Waals surface area contributed by atoms with Crippen molar-refractivity contribution in [3.8, 4) is 0 Å². The molecule has 2 nitrogen and oxygen atoms in total. The Hall–Kier alpha value is -0.700. The molecular weight excluding hydrogens is 132 g/mol. The first-order valence-electron chi connectivity index (χ1n) is 2.66. The molecule has 0 fully saturated rings. The summed E-state index contributed by atoms with van der Waals surface area (Å²) in [7, 11) is 1.82. The van der Waals surface area contributed by atoms with Gasteiger partial charge in [0.15, 0.2) is 0 Å². The first-order valence-corrected chi connectivity index (χ1v) is 3.11. The van der Waals surface area contributed by atoms with Crippen LogP contribution >= 0.6 is 12.6 Å². The zero-order valence-electron chi connectivity index (χ0n) is 5.13. The molecule has 0 bridgehead atoms. The Morgan fingerprint density at radius 2 is 2.44 bits per heavy atom. The van der Waals surface area contributed by atoms with Gasteiger partial charge in [-0.1, -0.05) is 0 Å². The van der Waals surface area contributed by atoms with Crippen molar-refractivity contribution in [1.82, 2.24) is 4.98 Å². The summed E-state index contributed by atoms with van der Waals surface area (Å²) in [6.07, 6.45) is 1.73. The molecule has 0 atom stereocenters. The average Bonchev–Trinajstić information content (AvgIpc) is 1.89. The maximum atomic E-state index is 4.15. The van der Waals surface area contributed by atoms with E-state index >= 15 is 0 Å². The molecule has 0 unspecified atom stereocenters. The zero-order valence-corrected chi connectivity index (χ0v) is 6.02. The molecule has 0 aliphatic heterocycles. The molecule has 0 spiro atoms. The number of hydrogen-bond donors (Lipinski definition) is 2. The summed E-state index contributed by atoms with van der Waals surface area (Å²) in [5.74, 6) is 0.820. The van der Waals surface area contributed by atoms with Crippen LogP contribution in [0.3, 0.4) is 0 Å². The second kappa shape index (κ2) is 2.73. The summed E-state index contributed by atoms with van der Waals surface area (Å²) >= 11 is 4.15. The van der Waals surface area contributed by atoms with Crippen LogP contribution in [0.5, 0.6) is 0 Å². The largest absolute Gasteiger partial charge is 0.372 e. The van der Waals surface area contributed by atoms with Crippen molar-refractivity contribution in [3.05, 3.63) is 18.3 Å². The number of rotatable bonds is 1. The third kappa shape index (κ3) is 1.36. The van der Waals surface area contributed by atoms with Crippen molar-refractivity contribution >= 4 is 18.4 Å². The number of nitrogens with one attached hydrogen (secondary N) is 1. The molecule has 0 aliphatic carbocycles. The van der Waals surface area contributed by atoms with Gasteiger partial charge in [-0.05, 0) is 12.1 Å². The third-order valence-corrected chi connectivity index (χ3v) is 1.38. The van der Waals surface area contributed by atoms with Crippen molar-refractivity contribution < 1.29 is 0 Å². The van der Waals surface area contributed by atoms with Crippen LogP contribution in [0, 0.1) is 0 Å².